The lowest BCUT2D eigenvalue weighted by Gasteiger charge is -2.11. The molecule has 0 bridgehead atoms. The Kier molecular flexibility index (Phi) is 6.62. The molecule has 0 heterocycles. The van der Waals surface area contributed by atoms with Crippen LogP contribution >= 0.6 is 0 Å². The third kappa shape index (κ3) is 5.04. The number of carboxylic acid groups (broad SMARTS) is 1. The maximum Gasteiger partial charge on any atom is 0.331 e. The predicted molar refractivity (Wildman–Crippen MR) is 79.6 cm³/mol. The fourth-order valence-corrected chi connectivity index (χ4v) is 1.72. The monoisotopic (exact) mass is 291 g/mol. The van der Waals surface area contributed by atoms with Crippen LogP contribution in [0.25, 0.3) is 0 Å². The zero-order valence-corrected chi connectivity index (χ0v) is 12.6. The van der Waals surface area contributed by atoms with Gasteiger partial charge in [0.25, 0.3) is 0 Å². The normalized spacial score (nSPS) is 11.8. The van der Waals surface area contributed by atoms with Crippen LogP contribution in [-0.2, 0) is 27.5 Å². The van der Waals surface area contributed by atoms with Crippen molar-refractivity contribution in [3.05, 3.63) is 46.5 Å². The van der Waals surface area contributed by atoms with Gasteiger partial charge < -0.3 is 15.2 Å². The number of hydrogen-bond donors (Lipinski definition) is 2. The second-order valence-corrected chi connectivity index (χ2v) is 4.64. The first-order valence-electron chi connectivity index (χ1n) is 6.80. The van der Waals surface area contributed by atoms with E-state index in [1.807, 2.05) is 31.2 Å². The summed E-state index contributed by atoms with van der Waals surface area (Å²) in [5, 5.41) is 11.6. The van der Waals surface area contributed by atoms with Gasteiger partial charge in [-0.3, -0.25) is 4.79 Å². The van der Waals surface area contributed by atoms with Crippen LogP contribution in [0.1, 0.15) is 31.9 Å². The number of amides is 1. The molecule has 2 N–H and O–H groups in total. The van der Waals surface area contributed by atoms with Crippen molar-refractivity contribution in [3.63, 3.8) is 0 Å². The Morgan fingerprint density at radius 1 is 1.14 bits per heavy atom. The Labute approximate surface area is 124 Å². The number of carbonyl (C=O) groups is 2. The molecule has 0 atom stereocenters. The SMILES string of the molecule is CCOCc1ccccc1CNC(=O)C(C)=C(C)C(=O)O. The molecular formula is C16H21NO4. The van der Waals surface area contributed by atoms with Crippen LogP contribution in [0.5, 0.6) is 0 Å². The highest BCUT2D eigenvalue weighted by atomic mass is 16.5. The Bertz CT molecular complexity index is 549. The van der Waals surface area contributed by atoms with E-state index in [0.29, 0.717) is 19.8 Å². The molecule has 1 aromatic carbocycles. The van der Waals surface area contributed by atoms with Gasteiger partial charge in [-0.2, -0.15) is 0 Å². The van der Waals surface area contributed by atoms with Gasteiger partial charge in [0.2, 0.25) is 5.91 Å². The molecule has 1 rings (SSSR count). The second-order valence-electron chi connectivity index (χ2n) is 4.64. The zero-order valence-electron chi connectivity index (χ0n) is 12.6. The molecule has 0 aliphatic heterocycles. The molecule has 1 aromatic rings. The minimum atomic E-state index is -1.08. The minimum Gasteiger partial charge on any atom is -0.478 e. The van der Waals surface area contributed by atoms with E-state index in [1.165, 1.54) is 13.8 Å². The number of hydrogen-bond acceptors (Lipinski definition) is 3. The molecule has 0 fully saturated rings. The van der Waals surface area contributed by atoms with Gasteiger partial charge in [0.15, 0.2) is 0 Å². The van der Waals surface area contributed by atoms with Gasteiger partial charge in [-0.05, 0) is 31.9 Å². The lowest BCUT2D eigenvalue weighted by molar-refractivity contribution is -0.133. The molecule has 5 heteroatoms. The standard InChI is InChI=1S/C16H21NO4/c1-4-21-10-14-8-6-5-7-13(14)9-17-15(18)11(2)12(3)16(19)20/h5-8H,4,9-10H2,1-3H3,(H,17,18)(H,19,20). The third-order valence-electron chi connectivity index (χ3n) is 3.24. The Morgan fingerprint density at radius 2 is 1.76 bits per heavy atom. The lowest BCUT2D eigenvalue weighted by Crippen LogP contribution is -2.25. The largest absolute Gasteiger partial charge is 0.478 e. The van der Waals surface area contributed by atoms with Gasteiger partial charge in [0.1, 0.15) is 0 Å². The smallest absolute Gasteiger partial charge is 0.331 e. The molecule has 1 amide bonds. The predicted octanol–water partition coefficient (Wildman–Crippen LogP) is 2.26. The fourth-order valence-electron chi connectivity index (χ4n) is 1.72. The maximum absolute atomic E-state index is 11.9. The van der Waals surface area contributed by atoms with Crippen molar-refractivity contribution < 1.29 is 19.4 Å². The van der Waals surface area contributed by atoms with Gasteiger partial charge in [-0.1, -0.05) is 24.3 Å². The first kappa shape index (κ1) is 16.9. The number of ether oxygens (including phenoxy) is 1. The van der Waals surface area contributed by atoms with Gasteiger partial charge in [0, 0.05) is 24.3 Å². The zero-order chi connectivity index (χ0) is 15.8. The molecule has 0 aliphatic carbocycles. The van der Waals surface area contributed by atoms with Gasteiger partial charge in [-0.25, -0.2) is 4.79 Å². The fraction of sp³-hybridized carbons (Fsp3) is 0.375. The second kappa shape index (κ2) is 8.21. The molecule has 0 spiro atoms. The number of nitrogens with one attached hydrogen (secondary N) is 1. The Balaban J connectivity index is 2.73. The number of rotatable bonds is 7. The summed E-state index contributed by atoms with van der Waals surface area (Å²) in [7, 11) is 0. The van der Waals surface area contributed by atoms with E-state index in [2.05, 4.69) is 5.32 Å². The van der Waals surface area contributed by atoms with E-state index in [0.717, 1.165) is 11.1 Å². The van der Waals surface area contributed by atoms with E-state index in [1.54, 1.807) is 0 Å². The molecule has 5 nitrogen and oxygen atoms in total. The highest BCUT2D eigenvalue weighted by molar-refractivity contribution is 6.01. The summed E-state index contributed by atoms with van der Waals surface area (Å²) in [5.41, 5.74) is 2.23. The van der Waals surface area contributed by atoms with Crippen LogP contribution in [0.4, 0.5) is 0 Å². The van der Waals surface area contributed by atoms with Gasteiger partial charge >= 0.3 is 5.97 Å². The van der Waals surface area contributed by atoms with E-state index in [9.17, 15) is 9.59 Å². The van der Waals surface area contributed by atoms with Crippen molar-refractivity contribution >= 4 is 11.9 Å². The minimum absolute atomic E-state index is 0.0510. The van der Waals surface area contributed by atoms with Crippen LogP contribution in [0.3, 0.4) is 0 Å². The van der Waals surface area contributed by atoms with E-state index >= 15 is 0 Å². The van der Waals surface area contributed by atoms with Crippen LogP contribution < -0.4 is 5.32 Å². The summed E-state index contributed by atoms with van der Waals surface area (Å²) in [6.45, 7) is 6.30. The van der Waals surface area contributed by atoms with Crippen molar-refractivity contribution in [2.45, 2.75) is 33.9 Å². The topological polar surface area (TPSA) is 75.6 Å². The molecule has 0 saturated heterocycles. The summed E-state index contributed by atoms with van der Waals surface area (Å²) in [5.74, 6) is -1.46. The van der Waals surface area contributed by atoms with Crippen molar-refractivity contribution in [1.82, 2.24) is 5.32 Å². The molecular weight excluding hydrogens is 270 g/mol. The lowest BCUT2D eigenvalue weighted by atomic mass is 10.1. The van der Waals surface area contributed by atoms with Crippen LogP contribution in [0.15, 0.2) is 35.4 Å². The van der Waals surface area contributed by atoms with Gasteiger partial charge in [-0.15, -0.1) is 0 Å². The van der Waals surface area contributed by atoms with Crippen molar-refractivity contribution in [2.24, 2.45) is 0 Å². The molecule has 0 aliphatic rings. The van der Waals surface area contributed by atoms with Crippen LogP contribution in [0.2, 0.25) is 0 Å². The number of benzene rings is 1. The summed E-state index contributed by atoms with van der Waals surface area (Å²) in [6, 6.07) is 7.67. The van der Waals surface area contributed by atoms with E-state index in [-0.39, 0.29) is 17.1 Å². The van der Waals surface area contributed by atoms with Crippen molar-refractivity contribution in [1.29, 1.82) is 0 Å². The van der Waals surface area contributed by atoms with Crippen LogP contribution in [0, 0.1) is 0 Å². The number of carbonyl (C=O) groups excluding carboxylic acids is 1. The molecule has 0 radical (unpaired) electrons. The van der Waals surface area contributed by atoms with E-state index in [4.69, 9.17) is 9.84 Å². The molecule has 0 unspecified atom stereocenters. The third-order valence-corrected chi connectivity index (χ3v) is 3.24. The first-order valence-corrected chi connectivity index (χ1v) is 6.80. The molecule has 21 heavy (non-hydrogen) atoms. The summed E-state index contributed by atoms with van der Waals surface area (Å²) in [6.07, 6.45) is 0. The molecule has 0 aromatic heterocycles. The maximum atomic E-state index is 11.9. The number of aliphatic carboxylic acids is 1. The van der Waals surface area contributed by atoms with Gasteiger partial charge in [0.05, 0.1) is 6.61 Å². The average molecular weight is 291 g/mol. The van der Waals surface area contributed by atoms with Crippen LogP contribution in [-0.4, -0.2) is 23.6 Å². The molecule has 0 saturated carbocycles. The number of carboxylic acids is 1. The van der Waals surface area contributed by atoms with E-state index < -0.39 is 5.97 Å². The highest BCUT2D eigenvalue weighted by Gasteiger charge is 2.12. The summed E-state index contributed by atoms with van der Waals surface area (Å²) < 4.78 is 5.38. The average Bonchev–Trinajstić information content (AvgIpc) is 2.49. The van der Waals surface area contributed by atoms with Crippen molar-refractivity contribution in [3.8, 4) is 0 Å². The molecule has 114 valence electrons. The van der Waals surface area contributed by atoms with Crippen molar-refractivity contribution in [2.75, 3.05) is 6.61 Å². The summed E-state index contributed by atoms with van der Waals surface area (Å²) in [4.78, 5) is 22.8. The quantitative estimate of drug-likeness (QED) is 0.756. The summed E-state index contributed by atoms with van der Waals surface area (Å²) >= 11 is 0. The Hall–Kier alpha value is -2.14. The highest BCUT2D eigenvalue weighted by Crippen LogP contribution is 2.11. The Morgan fingerprint density at radius 3 is 2.33 bits per heavy atom. The first-order chi connectivity index (χ1) is 9.97.